The highest BCUT2D eigenvalue weighted by molar-refractivity contribution is 7.15. The van der Waals surface area contributed by atoms with Crippen LogP contribution in [0.1, 0.15) is 103 Å². The number of aromatic nitrogens is 7. The minimum Gasteiger partial charge on any atom is -0.480 e. The molecule has 2 fully saturated rings. The predicted octanol–water partition coefficient (Wildman–Crippen LogP) is 6.63. The number of nitrogens with one attached hydrogen (secondary N) is 3. The number of carboxylic acid groups (broad SMARTS) is 1. The van der Waals surface area contributed by atoms with Crippen LogP contribution >= 0.6 is 22.9 Å². The van der Waals surface area contributed by atoms with Gasteiger partial charge in [0.1, 0.15) is 54.4 Å². The largest absolute Gasteiger partial charge is 0.480 e. The number of rotatable bonds is 12. The van der Waals surface area contributed by atoms with Crippen LogP contribution < -0.4 is 20.5 Å². The summed E-state index contributed by atoms with van der Waals surface area (Å²) in [6.07, 6.45) is 11.1. The second-order valence-electron chi connectivity index (χ2n) is 20.0. The van der Waals surface area contributed by atoms with Crippen molar-refractivity contribution in [3.05, 3.63) is 98.5 Å². The molecule has 0 radical (unpaired) electrons. The molecule has 4 amide bonds. The van der Waals surface area contributed by atoms with Crippen LogP contribution in [-0.4, -0.2) is 108 Å². The molecule has 6 aromatic rings. The second-order valence-corrected chi connectivity index (χ2v) is 21.7. The lowest BCUT2D eigenvalue weighted by molar-refractivity contribution is -0.146. The number of carbonyl (C=O) groups is 5. The molecule has 1 saturated carbocycles. The Morgan fingerprint density at radius 2 is 1.67 bits per heavy atom. The summed E-state index contributed by atoms with van der Waals surface area (Å²) >= 11 is 8.07. The summed E-state index contributed by atoms with van der Waals surface area (Å²) in [5.41, 5.74) is 7.04. The van der Waals surface area contributed by atoms with Gasteiger partial charge < -0.3 is 21.1 Å². The number of aryl methyl sites for hydroxylation is 2. The molecule has 0 unspecified atom stereocenters. The molecule has 6 aliphatic rings. The van der Waals surface area contributed by atoms with Gasteiger partial charge in [-0.3, -0.25) is 33.4 Å². The van der Waals surface area contributed by atoms with E-state index in [0.29, 0.717) is 84.4 Å². The van der Waals surface area contributed by atoms with Gasteiger partial charge in [-0.1, -0.05) is 34.6 Å². The summed E-state index contributed by atoms with van der Waals surface area (Å²) in [6, 6.07) is 8.14. The first-order valence-electron chi connectivity index (χ1n) is 24.9. The van der Waals surface area contributed by atoms with Gasteiger partial charge in [-0.15, -0.1) is 31.2 Å². The zero-order valence-corrected chi connectivity index (χ0v) is 42.3. The number of thiophene rings is 1. The van der Waals surface area contributed by atoms with Crippen LogP contribution in [0.25, 0.3) is 37.9 Å². The molecule has 18 nitrogen and oxygen atoms in total. The summed E-state index contributed by atoms with van der Waals surface area (Å²) in [5, 5.41) is 38.8. The molecule has 21 heteroatoms. The van der Waals surface area contributed by atoms with E-state index in [1.165, 1.54) is 10.9 Å². The van der Waals surface area contributed by atoms with Gasteiger partial charge in [0, 0.05) is 57.1 Å². The van der Waals surface area contributed by atoms with Crippen molar-refractivity contribution in [2.75, 3.05) is 32.7 Å². The van der Waals surface area contributed by atoms with Gasteiger partial charge >= 0.3 is 11.9 Å². The van der Waals surface area contributed by atoms with Crippen LogP contribution in [0.5, 0.6) is 0 Å². The van der Waals surface area contributed by atoms with E-state index in [9.17, 15) is 19.2 Å². The molecule has 378 valence electrons. The lowest BCUT2D eigenvalue weighted by atomic mass is 9.80. The fourth-order valence-electron chi connectivity index (χ4n) is 11.6. The lowest BCUT2D eigenvalue weighted by Gasteiger charge is -2.42. The number of fused-ring (bicyclic) bond motifs is 5. The van der Waals surface area contributed by atoms with Crippen LogP contribution in [0.4, 0.5) is 4.39 Å². The second kappa shape index (κ2) is 19.2. The molecule has 4 aromatic heterocycles. The molecule has 2 aromatic carbocycles. The number of halogens is 2. The summed E-state index contributed by atoms with van der Waals surface area (Å²) in [6.45, 7) is 6.27. The van der Waals surface area contributed by atoms with E-state index in [2.05, 4.69) is 44.6 Å². The predicted molar refractivity (Wildman–Crippen MR) is 273 cm³/mol. The molecular weight excluding hydrogens is 975 g/mol. The Bertz CT molecular complexity index is 3390. The fourth-order valence-corrected chi connectivity index (χ4v) is 13.0. The highest BCUT2D eigenvalue weighted by atomic mass is 35.5. The van der Waals surface area contributed by atoms with E-state index in [1.54, 1.807) is 34.3 Å². The molecule has 12 rings (SSSR count). The summed E-state index contributed by atoms with van der Waals surface area (Å²) < 4.78 is 19.9. The highest BCUT2D eigenvalue weighted by Gasteiger charge is 2.50. The number of carbonyl (C=O) groups excluding carboxylic acids is 4. The minimum absolute atomic E-state index is 0.0381. The van der Waals surface area contributed by atoms with Gasteiger partial charge in [-0.25, -0.2) is 9.18 Å². The average molecular weight is 1030 g/mol. The van der Waals surface area contributed by atoms with Gasteiger partial charge in [-0.05, 0) is 106 Å². The van der Waals surface area contributed by atoms with Crippen molar-refractivity contribution in [2.45, 2.75) is 97.1 Å². The van der Waals surface area contributed by atoms with Gasteiger partial charge in [0.15, 0.2) is 5.82 Å². The molecule has 4 aliphatic heterocycles. The van der Waals surface area contributed by atoms with Crippen molar-refractivity contribution in [3.8, 4) is 16.1 Å². The van der Waals surface area contributed by atoms with Crippen molar-refractivity contribution in [1.29, 1.82) is 0 Å². The molecule has 8 heterocycles. The van der Waals surface area contributed by atoms with Crippen molar-refractivity contribution < 1.29 is 33.5 Å². The third kappa shape index (κ3) is 8.75. The van der Waals surface area contributed by atoms with E-state index >= 15 is 9.18 Å². The smallest absolute Gasteiger partial charge is 0.342 e. The maximum atomic E-state index is 16.3. The standard InChI is InChI=1S/C52H54ClFN12O6S/c1-27-28(2)73-51-46(27)48(31-11-13-35(53)14-12-31)59-39(50-61-60-29(3)64(50)51)21-42(67)55-22-30-7-9-33(10-8-30)52(72)66-17-15-32(16-18-66)49-47-36(37-20-41-34(19-38(37)54)23-58-65(41)66)5-4-6-40(47)63(62-49)26-44(69)56-24-43(68)57-25-45(70)71/h4-6,11,13,19-20,23,30,32-33,39H,7-10,12,14-18,21-22,24-26H2,1-3H3,(H3-,55,56,57,67,68,69,70,71)/p+1/t30?,32?,33?,39-,66?/m0/s1. The van der Waals surface area contributed by atoms with Crippen molar-refractivity contribution in [3.63, 3.8) is 0 Å². The molecule has 4 bridgehead atoms. The Morgan fingerprint density at radius 3 is 2.42 bits per heavy atom. The van der Waals surface area contributed by atoms with Crippen LogP contribution in [0, 0.1) is 38.4 Å². The molecule has 1 saturated heterocycles. The number of nitrogens with zero attached hydrogens (tertiary/aromatic N) is 9. The van der Waals surface area contributed by atoms with Gasteiger partial charge in [0.2, 0.25) is 17.7 Å². The van der Waals surface area contributed by atoms with Crippen LogP contribution in [0.15, 0.2) is 64.3 Å². The topological polar surface area (TPSA) is 220 Å². The lowest BCUT2D eigenvalue weighted by Crippen LogP contribution is -2.67. The Labute approximate surface area is 427 Å². The number of carboxylic acids is 1. The zero-order valence-electron chi connectivity index (χ0n) is 40.7. The average Bonchev–Trinajstić information content (AvgIpc) is 4.14. The van der Waals surface area contributed by atoms with Gasteiger partial charge in [0.05, 0.1) is 42.0 Å². The van der Waals surface area contributed by atoms with Crippen molar-refractivity contribution in [1.82, 2.24) is 55.0 Å². The first-order valence-corrected chi connectivity index (χ1v) is 26.1. The summed E-state index contributed by atoms with van der Waals surface area (Å²) in [5.74, 6) is -1.72. The van der Waals surface area contributed by atoms with E-state index in [4.69, 9.17) is 31.9 Å². The Balaban J connectivity index is 0.797. The first kappa shape index (κ1) is 48.4. The number of hydrogen-bond acceptors (Lipinski definition) is 11. The quantitative estimate of drug-likeness (QED) is 0.0959. The van der Waals surface area contributed by atoms with Crippen LogP contribution in [0.2, 0.25) is 0 Å². The monoisotopic (exact) mass is 1030 g/mol. The first-order chi connectivity index (χ1) is 35.2. The van der Waals surface area contributed by atoms with E-state index < -0.39 is 42.7 Å². The molecular formula is C52H55ClFN12O6S+. The highest BCUT2D eigenvalue weighted by Crippen LogP contribution is 2.45. The number of piperidine rings is 1. The number of aliphatic imine (C=N–C) groups is 1. The van der Waals surface area contributed by atoms with Gasteiger partial charge in [-0.2, -0.15) is 5.10 Å². The Kier molecular flexibility index (Phi) is 12.7. The summed E-state index contributed by atoms with van der Waals surface area (Å²) in [7, 11) is 0. The SMILES string of the molecule is Cc1sc2c(c1C)C(C1=CC=C(Cl)CC1)=N[C@@H](CC(=O)NCC1CCC(C(=O)[N+]34CCC(CC3)c3nn(CC(=O)NCC(=O)NCC(=O)O)c5cccc(c35)-c3cc5c(cnn54)cc3F)CC1)c1nnc(C)n1-2. The number of quaternary nitrogens is 1. The molecule has 73 heavy (non-hydrogen) atoms. The number of aliphatic carboxylic acids is 1. The van der Waals surface area contributed by atoms with E-state index in [-0.39, 0.29) is 47.1 Å². The van der Waals surface area contributed by atoms with Crippen LogP contribution in [-0.2, 0) is 30.5 Å². The van der Waals surface area contributed by atoms with Gasteiger partial charge in [0.25, 0.3) is 0 Å². The molecule has 4 N–H and O–H groups in total. The molecule has 0 spiro atoms. The normalized spacial score (nSPS) is 22.1. The number of hydrogen-bond donors (Lipinski definition) is 4. The third-order valence-electron chi connectivity index (χ3n) is 15.6. The molecule has 1 atom stereocenters. The Hall–Kier alpha value is -6.90. The van der Waals surface area contributed by atoms with E-state index in [0.717, 1.165) is 69.3 Å². The van der Waals surface area contributed by atoms with E-state index in [1.807, 2.05) is 36.0 Å². The number of benzene rings is 2. The van der Waals surface area contributed by atoms with Crippen molar-refractivity contribution >= 4 is 80.1 Å². The zero-order chi connectivity index (χ0) is 50.9. The maximum absolute atomic E-state index is 16.3. The summed E-state index contributed by atoms with van der Waals surface area (Å²) in [4.78, 5) is 73.8. The Morgan fingerprint density at radius 1 is 0.890 bits per heavy atom. The third-order valence-corrected chi connectivity index (χ3v) is 17.1. The fraction of sp³-hybridized carbons (Fsp3) is 0.423. The minimum atomic E-state index is -1.20. The van der Waals surface area contributed by atoms with Crippen molar-refractivity contribution in [2.24, 2.45) is 16.8 Å². The number of allylic oxidation sites excluding steroid dienone is 4. The molecule has 2 aliphatic carbocycles. The number of amides is 4. The van der Waals surface area contributed by atoms with Crippen LogP contribution in [0.3, 0.4) is 0 Å². The maximum Gasteiger partial charge on any atom is 0.342 e.